The number of hydrogen-bond donors (Lipinski definition) is 2. The van der Waals surface area contributed by atoms with Gasteiger partial charge < -0.3 is 12.5 Å². The summed E-state index contributed by atoms with van der Waals surface area (Å²) in [6.07, 6.45) is 27.0. The average Bonchev–Trinajstić information content (AvgIpc) is 1.21. The van der Waals surface area contributed by atoms with E-state index in [-0.39, 0.29) is 37.6 Å². The molecule has 6 aliphatic carbocycles. The Hall–Kier alpha value is -7.37. The van der Waals surface area contributed by atoms with Gasteiger partial charge in [-0.1, -0.05) is 233 Å². The summed E-state index contributed by atoms with van der Waals surface area (Å²) in [4.78, 5) is 4.73. The average molecular weight is 1250 g/mol. The van der Waals surface area contributed by atoms with Crippen LogP contribution in [0, 0.1) is 43.4 Å². The number of nitrogens with two attached hydrogens (primary N) is 1. The molecule has 0 bridgehead atoms. The number of nitriles is 2. The molecular formula is C81H81AlBrLiN6. The molecule has 0 aliphatic heterocycles. The normalized spacial score (nSPS) is 13.7. The fraction of sp³-hybridized carbons (Fsp3) is 0.235. The molecule has 9 aromatic carbocycles. The van der Waals surface area contributed by atoms with E-state index >= 15 is 0 Å². The summed E-state index contributed by atoms with van der Waals surface area (Å²) in [5.41, 5.74) is 35.4. The number of hydrogen-bond acceptors (Lipinski definition) is 6. The van der Waals surface area contributed by atoms with E-state index in [2.05, 4.69) is 258 Å². The largest absolute Gasteiger partial charge is 1.00 e. The van der Waals surface area contributed by atoms with E-state index in [9.17, 15) is 5.26 Å². The Kier molecular flexibility index (Phi) is 22.3. The van der Waals surface area contributed by atoms with Crippen molar-refractivity contribution in [1.29, 1.82) is 10.5 Å². The number of allylic oxidation sites excluding steroid dienone is 12. The van der Waals surface area contributed by atoms with Crippen LogP contribution in [0.1, 0.15) is 102 Å². The maximum atomic E-state index is 9.39. The van der Waals surface area contributed by atoms with Crippen molar-refractivity contribution in [2.24, 2.45) is 5.73 Å². The molecule has 0 fully saturated rings. The van der Waals surface area contributed by atoms with Crippen LogP contribution in [0.5, 0.6) is 0 Å². The zero-order chi connectivity index (χ0) is 60.5. The number of benzene rings is 9. The minimum Gasteiger partial charge on any atom is -1.00 e. The number of halogens is 1. The van der Waals surface area contributed by atoms with Crippen molar-refractivity contribution in [3.63, 3.8) is 0 Å². The van der Waals surface area contributed by atoms with Gasteiger partial charge in [0.1, 0.15) is 0 Å². The molecule has 3 N–H and O–H groups in total. The third kappa shape index (κ3) is 14.7. The maximum absolute atomic E-state index is 9.39. The molecule has 6 nitrogen and oxygen atoms in total. The van der Waals surface area contributed by atoms with Gasteiger partial charge in [0.2, 0.25) is 0 Å². The van der Waals surface area contributed by atoms with Gasteiger partial charge in [-0.15, -0.1) is 0 Å². The standard InChI is InChI=1S/C27H28N2.C27H24N2.C25H23N.C2H2BrN.Al.Li.4H/c2*1-19-5-7-20(8-6-19)17-29(16-15-28)18-24-12-11-23-10-9-21-3-2-4-22-13-14-25(24)27(23)26(21)22;1-17-5-7-18(8-6-17)15-26-16-22-12-11-21-10-9-19-3-2-4-20-13-14-23(22)25(21)24(19)20;3-1-2-4;;;;;;/h2,4-13H,3,14-18,28H2,1H3;2,4-13H,3,14,16-18H2,1H3;2,4-13,26H,3,14-16H2,1H3;1H2;;;;;;/q;;;;;+1;;;;-1. The molecule has 9 aromatic rings. The van der Waals surface area contributed by atoms with Crippen LogP contribution in [0.3, 0.4) is 0 Å². The van der Waals surface area contributed by atoms with Gasteiger partial charge in [-0.3, -0.25) is 9.80 Å². The van der Waals surface area contributed by atoms with E-state index in [0.29, 0.717) is 18.4 Å². The van der Waals surface area contributed by atoms with Gasteiger partial charge in [0, 0.05) is 52.4 Å². The Morgan fingerprint density at radius 3 is 1.22 bits per heavy atom. The molecule has 0 heterocycles. The van der Waals surface area contributed by atoms with Gasteiger partial charge in [-0.2, -0.15) is 10.5 Å². The number of rotatable bonds is 15. The van der Waals surface area contributed by atoms with E-state index in [0.717, 1.165) is 84.3 Å². The van der Waals surface area contributed by atoms with Crippen LogP contribution in [0.15, 0.2) is 200 Å². The van der Waals surface area contributed by atoms with Gasteiger partial charge >= 0.3 is 18.9 Å². The molecule has 6 aliphatic rings. The van der Waals surface area contributed by atoms with Gasteiger partial charge in [0.15, 0.2) is 17.4 Å². The fourth-order valence-corrected chi connectivity index (χ4v) is 13.8. The second kappa shape index (κ2) is 30.6. The summed E-state index contributed by atoms with van der Waals surface area (Å²) in [7, 11) is 0. The van der Waals surface area contributed by atoms with Crippen molar-refractivity contribution in [2.75, 3.05) is 25.0 Å². The van der Waals surface area contributed by atoms with E-state index < -0.39 is 0 Å². The Morgan fingerprint density at radius 2 is 0.822 bits per heavy atom. The van der Waals surface area contributed by atoms with E-state index in [4.69, 9.17) is 11.0 Å². The number of nitrogens with zero attached hydrogens (tertiary/aromatic N) is 4. The molecular weight excluding hydrogens is 1170 g/mol. The first-order valence-corrected chi connectivity index (χ1v) is 32.4. The molecule has 15 rings (SSSR count). The predicted octanol–water partition coefficient (Wildman–Crippen LogP) is 13.2. The second-order valence-electron chi connectivity index (χ2n) is 24.3. The predicted molar refractivity (Wildman–Crippen MR) is 383 cm³/mol. The van der Waals surface area contributed by atoms with Crippen molar-refractivity contribution in [2.45, 2.75) is 98.6 Å². The van der Waals surface area contributed by atoms with Crippen LogP contribution in [-0.4, -0.2) is 52.1 Å². The van der Waals surface area contributed by atoms with Gasteiger partial charge in [0.05, 0.1) is 24.0 Å². The summed E-state index contributed by atoms with van der Waals surface area (Å²) in [6.45, 7) is 13.7. The minimum atomic E-state index is 0. The van der Waals surface area contributed by atoms with Crippen LogP contribution >= 0.6 is 15.9 Å². The number of nitrogens with one attached hydrogen (secondary N) is 1. The maximum Gasteiger partial charge on any atom is 1.00 e. The zero-order valence-corrected chi connectivity index (χ0v) is 53.7. The van der Waals surface area contributed by atoms with Crippen molar-refractivity contribution in [1.82, 2.24) is 15.1 Å². The first-order chi connectivity index (χ1) is 43.2. The second-order valence-corrected chi connectivity index (χ2v) is 24.8. The summed E-state index contributed by atoms with van der Waals surface area (Å²) < 4.78 is 0. The van der Waals surface area contributed by atoms with E-state index in [1.54, 1.807) is 0 Å². The molecule has 0 amide bonds. The molecule has 0 atom stereocenters. The third-order valence-corrected chi connectivity index (χ3v) is 18.4. The van der Waals surface area contributed by atoms with E-state index in [1.807, 2.05) is 6.07 Å². The number of aryl methyl sites for hydroxylation is 3. The van der Waals surface area contributed by atoms with Crippen LogP contribution in [0.25, 0.3) is 49.0 Å². The van der Waals surface area contributed by atoms with E-state index in [1.165, 1.54) is 149 Å². The van der Waals surface area contributed by atoms with Crippen LogP contribution in [0.4, 0.5) is 0 Å². The molecule has 446 valence electrons. The number of alkyl halides is 1. The topological polar surface area (TPSA) is 92.1 Å². The smallest absolute Gasteiger partial charge is 1.00 e. The summed E-state index contributed by atoms with van der Waals surface area (Å²) in [5, 5.41) is 29.5. The summed E-state index contributed by atoms with van der Waals surface area (Å²) in [5.74, 6) is 0. The fourth-order valence-electron chi connectivity index (χ4n) is 13.8. The summed E-state index contributed by atoms with van der Waals surface area (Å²) in [6, 6.07) is 58.0. The Balaban J connectivity index is 0.000000154. The van der Waals surface area contributed by atoms with Crippen LogP contribution in [-0.2, 0) is 77.8 Å². The van der Waals surface area contributed by atoms with Crippen molar-refractivity contribution >= 4 is 82.3 Å². The monoisotopic (exact) mass is 1250 g/mol. The minimum absolute atomic E-state index is 0. The first-order valence-electron chi connectivity index (χ1n) is 31.3. The Bertz CT molecular complexity index is 4390. The SMILES string of the molecule is Cc1ccc(CN(CC#N)Cc2ccc3ccc4c5c3c2CC=C5C=CC4)cc1.Cc1ccc(CN(CCN)Cc2ccc3ccc4c5c3c2CC=C5C=CC4)cc1.Cc1ccc(CNCc2ccc3ccc4c5c3c2CC=C5C=CC4)cc1.N#CCBr.[AlH3].[H-].[Li+]. The van der Waals surface area contributed by atoms with Gasteiger partial charge in [0.25, 0.3) is 0 Å². The van der Waals surface area contributed by atoms with Crippen molar-refractivity contribution in [3.05, 3.63) is 300 Å². The van der Waals surface area contributed by atoms with Crippen LogP contribution in [0.2, 0.25) is 0 Å². The van der Waals surface area contributed by atoms with Crippen molar-refractivity contribution < 1.29 is 20.3 Å². The quantitative estimate of drug-likeness (QED) is 0.0604. The Labute approximate surface area is 565 Å². The first kappa shape index (κ1) is 65.6. The summed E-state index contributed by atoms with van der Waals surface area (Å²) >= 11 is 2.89. The molecule has 9 heteroatoms. The molecule has 0 spiro atoms. The zero-order valence-electron chi connectivity index (χ0n) is 53.1. The van der Waals surface area contributed by atoms with Gasteiger partial charge in [-0.25, -0.2) is 0 Å². The molecule has 0 unspecified atom stereocenters. The molecule has 0 saturated heterocycles. The Morgan fingerprint density at radius 1 is 0.456 bits per heavy atom. The molecule has 0 saturated carbocycles. The molecule has 90 heavy (non-hydrogen) atoms. The van der Waals surface area contributed by atoms with Gasteiger partial charge in [-0.05, 0) is 192 Å². The molecule has 0 radical (unpaired) electrons. The van der Waals surface area contributed by atoms with Crippen LogP contribution < -0.4 is 29.9 Å². The van der Waals surface area contributed by atoms with Crippen molar-refractivity contribution in [3.8, 4) is 12.1 Å². The molecule has 0 aromatic heterocycles. The third-order valence-electron chi connectivity index (χ3n) is 18.2.